The molecule has 2 heterocycles. The molecule has 20 heavy (non-hydrogen) atoms. The number of fused-ring (bicyclic) bond motifs is 1. The lowest BCUT2D eigenvalue weighted by molar-refractivity contribution is 0.0332. The van der Waals surface area contributed by atoms with Gasteiger partial charge in [-0.1, -0.05) is 0 Å². The Morgan fingerprint density at radius 2 is 1.90 bits per heavy atom. The van der Waals surface area contributed by atoms with Crippen molar-refractivity contribution < 1.29 is 4.74 Å². The van der Waals surface area contributed by atoms with E-state index in [4.69, 9.17) is 10.5 Å². The first-order chi connectivity index (χ1) is 8.31. The van der Waals surface area contributed by atoms with E-state index in [0.717, 1.165) is 55.4 Å². The molecule has 0 radical (unpaired) electrons. The number of aromatic nitrogens is 2. The Labute approximate surface area is 136 Å². The molecule has 1 saturated heterocycles. The van der Waals surface area contributed by atoms with Crippen LogP contribution in [0.4, 0.5) is 5.69 Å². The molecule has 2 aromatic rings. The van der Waals surface area contributed by atoms with E-state index in [2.05, 4.69) is 14.9 Å². The molecule has 114 valence electrons. The number of nitrogens with one attached hydrogen (secondary N) is 1. The van der Waals surface area contributed by atoms with Crippen LogP contribution < -0.4 is 5.73 Å². The van der Waals surface area contributed by atoms with E-state index in [-0.39, 0.29) is 37.2 Å². The van der Waals surface area contributed by atoms with Crippen molar-refractivity contribution in [3.8, 4) is 0 Å². The molecule has 3 rings (SSSR count). The molecule has 1 aliphatic rings. The fourth-order valence-electron chi connectivity index (χ4n) is 2.13. The third kappa shape index (κ3) is 4.40. The smallest absolute Gasteiger partial charge is 0.121 e. The molecule has 1 aromatic heterocycles. The number of imidazole rings is 1. The van der Waals surface area contributed by atoms with Gasteiger partial charge in [0.2, 0.25) is 0 Å². The number of benzene rings is 1. The van der Waals surface area contributed by atoms with Crippen LogP contribution >= 0.6 is 37.2 Å². The zero-order chi connectivity index (χ0) is 11.7. The van der Waals surface area contributed by atoms with Crippen molar-refractivity contribution in [2.24, 2.45) is 0 Å². The number of morpholine rings is 1. The molecule has 8 heteroatoms. The molecule has 0 bridgehead atoms. The largest absolute Gasteiger partial charge is 0.399 e. The molecule has 0 saturated carbocycles. The van der Waals surface area contributed by atoms with E-state index >= 15 is 0 Å². The second kappa shape index (κ2) is 8.54. The van der Waals surface area contributed by atoms with Crippen molar-refractivity contribution in [2.45, 2.75) is 6.54 Å². The van der Waals surface area contributed by atoms with Crippen molar-refractivity contribution in [2.75, 3.05) is 32.0 Å². The number of ether oxygens (including phenoxy) is 1. The Morgan fingerprint density at radius 1 is 1.20 bits per heavy atom. The van der Waals surface area contributed by atoms with E-state index in [9.17, 15) is 0 Å². The molecule has 0 aliphatic carbocycles. The fourth-order valence-corrected chi connectivity index (χ4v) is 2.13. The van der Waals surface area contributed by atoms with E-state index in [1.807, 2.05) is 18.2 Å². The molecule has 0 unspecified atom stereocenters. The van der Waals surface area contributed by atoms with Crippen LogP contribution in [0.2, 0.25) is 0 Å². The summed E-state index contributed by atoms with van der Waals surface area (Å²) < 4.78 is 5.32. The predicted molar refractivity (Wildman–Crippen MR) is 88.3 cm³/mol. The lowest BCUT2D eigenvalue weighted by Gasteiger charge is -2.25. The van der Waals surface area contributed by atoms with Crippen molar-refractivity contribution in [3.63, 3.8) is 0 Å². The average molecular weight is 342 g/mol. The summed E-state index contributed by atoms with van der Waals surface area (Å²) in [5, 5.41) is 0. The average Bonchev–Trinajstić information content (AvgIpc) is 2.71. The number of nitrogen functional groups attached to an aromatic ring is 1. The summed E-state index contributed by atoms with van der Waals surface area (Å²) in [5.74, 6) is 0.993. The molecular weight excluding hydrogens is 323 g/mol. The molecule has 0 amide bonds. The number of hydrogen-bond donors (Lipinski definition) is 2. The van der Waals surface area contributed by atoms with Gasteiger partial charge in [0.15, 0.2) is 0 Å². The molecule has 5 nitrogen and oxygen atoms in total. The van der Waals surface area contributed by atoms with E-state index < -0.39 is 0 Å². The van der Waals surface area contributed by atoms with Gasteiger partial charge in [-0.05, 0) is 18.2 Å². The number of hydrogen-bond acceptors (Lipinski definition) is 4. The van der Waals surface area contributed by atoms with Gasteiger partial charge in [0.1, 0.15) is 5.82 Å². The minimum absolute atomic E-state index is 0. The van der Waals surface area contributed by atoms with Crippen LogP contribution in [-0.4, -0.2) is 41.2 Å². The minimum atomic E-state index is 0. The van der Waals surface area contributed by atoms with Crippen molar-refractivity contribution in [3.05, 3.63) is 24.0 Å². The summed E-state index contributed by atoms with van der Waals surface area (Å²) in [5.41, 5.74) is 8.49. The third-order valence-electron chi connectivity index (χ3n) is 3.03. The highest BCUT2D eigenvalue weighted by molar-refractivity contribution is 5.86. The van der Waals surface area contributed by atoms with Crippen LogP contribution in [0.15, 0.2) is 18.2 Å². The quantitative estimate of drug-likeness (QED) is 0.822. The number of nitrogens with two attached hydrogens (primary N) is 1. The molecule has 1 fully saturated rings. The van der Waals surface area contributed by atoms with Crippen LogP contribution in [0.1, 0.15) is 5.82 Å². The summed E-state index contributed by atoms with van der Waals surface area (Å²) in [4.78, 5) is 10.2. The van der Waals surface area contributed by atoms with Crippen LogP contribution in [0.5, 0.6) is 0 Å². The normalized spacial score (nSPS) is 15.0. The number of nitrogens with zero attached hydrogens (tertiary/aromatic N) is 2. The summed E-state index contributed by atoms with van der Waals surface area (Å²) in [6.07, 6.45) is 0. The lowest BCUT2D eigenvalue weighted by atomic mass is 10.3. The minimum Gasteiger partial charge on any atom is -0.399 e. The Bertz CT molecular complexity index is 528. The first-order valence-electron chi connectivity index (χ1n) is 5.85. The Balaban J connectivity index is 0.00000120. The highest BCUT2D eigenvalue weighted by atomic mass is 35.5. The van der Waals surface area contributed by atoms with E-state index in [1.54, 1.807) is 0 Å². The van der Waals surface area contributed by atoms with E-state index in [0.29, 0.717) is 0 Å². The zero-order valence-electron chi connectivity index (χ0n) is 10.9. The van der Waals surface area contributed by atoms with Gasteiger partial charge in [0, 0.05) is 18.8 Å². The topological polar surface area (TPSA) is 67.2 Å². The van der Waals surface area contributed by atoms with Gasteiger partial charge >= 0.3 is 0 Å². The molecule has 1 aliphatic heterocycles. The first kappa shape index (κ1) is 19.3. The summed E-state index contributed by atoms with van der Waals surface area (Å²) in [6, 6.07) is 5.75. The van der Waals surface area contributed by atoms with Gasteiger partial charge in [0.05, 0.1) is 30.8 Å². The standard InChI is InChI=1S/C12H16N4O.3ClH/c13-9-1-2-10-11(7-9)15-12(14-10)8-16-3-5-17-6-4-16;;;/h1-2,7H,3-6,8,13H2,(H,14,15);3*1H. The SMILES string of the molecule is Cl.Cl.Cl.Nc1ccc2nc(CN3CCOCC3)[nH]c2c1. The third-order valence-corrected chi connectivity index (χ3v) is 3.03. The highest BCUT2D eigenvalue weighted by Gasteiger charge is 2.12. The Hall–Kier alpha value is -0.720. The Morgan fingerprint density at radius 3 is 2.60 bits per heavy atom. The molecular formula is C12H19Cl3N4O. The zero-order valence-corrected chi connectivity index (χ0v) is 13.3. The summed E-state index contributed by atoms with van der Waals surface area (Å²) in [7, 11) is 0. The summed E-state index contributed by atoms with van der Waals surface area (Å²) >= 11 is 0. The fraction of sp³-hybridized carbons (Fsp3) is 0.417. The highest BCUT2D eigenvalue weighted by Crippen LogP contribution is 2.16. The maximum absolute atomic E-state index is 5.74. The van der Waals surface area contributed by atoms with Gasteiger partial charge in [-0.15, -0.1) is 37.2 Å². The van der Waals surface area contributed by atoms with Crippen LogP contribution in [-0.2, 0) is 11.3 Å². The summed E-state index contributed by atoms with van der Waals surface area (Å²) in [6.45, 7) is 4.41. The molecule has 1 aromatic carbocycles. The van der Waals surface area contributed by atoms with Crippen molar-refractivity contribution in [1.82, 2.24) is 14.9 Å². The van der Waals surface area contributed by atoms with E-state index in [1.165, 1.54) is 0 Å². The van der Waals surface area contributed by atoms with Crippen LogP contribution in [0.3, 0.4) is 0 Å². The lowest BCUT2D eigenvalue weighted by Crippen LogP contribution is -2.35. The molecule has 3 N–H and O–H groups in total. The van der Waals surface area contributed by atoms with Gasteiger partial charge in [-0.3, -0.25) is 4.90 Å². The number of aromatic amines is 1. The van der Waals surface area contributed by atoms with Crippen LogP contribution in [0, 0.1) is 0 Å². The number of halogens is 3. The number of H-pyrrole nitrogens is 1. The van der Waals surface area contributed by atoms with Crippen molar-refractivity contribution >= 4 is 53.9 Å². The second-order valence-corrected chi connectivity index (χ2v) is 4.35. The first-order valence-corrected chi connectivity index (χ1v) is 5.85. The Kier molecular flexibility index (Phi) is 8.23. The van der Waals surface area contributed by atoms with Gasteiger partial charge in [-0.2, -0.15) is 0 Å². The van der Waals surface area contributed by atoms with Gasteiger partial charge < -0.3 is 15.5 Å². The monoisotopic (exact) mass is 340 g/mol. The number of anilines is 1. The number of rotatable bonds is 2. The molecule has 0 atom stereocenters. The predicted octanol–water partition coefficient (Wildman–Crippen LogP) is 2.24. The van der Waals surface area contributed by atoms with Gasteiger partial charge in [-0.25, -0.2) is 4.98 Å². The maximum Gasteiger partial charge on any atom is 0.121 e. The molecule has 0 spiro atoms. The second-order valence-electron chi connectivity index (χ2n) is 4.35. The van der Waals surface area contributed by atoms with Crippen molar-refractivity contribution in [1.29, 1.82) is 0 Å². The van der Waals surface area contributed by atoms with Gasteiger partial charge in [0.25, 0.3) is 0 Å². The maximum atomic E-state index is 5.74. The van der Waals surface area contributed by atoms with Crippen LogP contribution in [0.25, 0.3) is 11.0 Å².